The summed E-state index contributed by atoms with van der Waals surface area (Å²) in [4.78, 5) is 4.57. The fourth-order valence-electron chi connectivity index (χ4n) is 1.71. The summed E-state index contributed by atoms with van der Waals surface area (Å²) in [6, 6.07) is 8.37. The van der Waals surface area contributed by atoms with Crippen molar-refractivity contribution in [3.63, 3.8) is 0 Å². The first-order chi connectivity index (χ1) is 7.22. The lowest BCUT2D eigenvalue weighted by Crippen LogP contribution is -2.34. The van der Waals surface area contributed by atoms with E-state index in [2.05, 4.69) is 21.0 Å². The molecule has 0 fully saturated rings. The summed E-state index contributed by atoms with van der Waals surface area (Å²) in [5.74, 6) is 6.43. The number of hydrazine groups is 1. The summed E-state index contributed by atoms with van der Waals surface area (Å²) >= 11 is 0. The lowest BCUT2D eigenvalue weighted by Gasteiger charge is -2.08. The third kappa shape index (κ3) is 1.86. The Hall–Kier alpha value is -1.39. The Morgan fingerprint density at radius 2 is 2.20 bits per heavy atom. The molecule has 0 amide bonds. The summed E-state index contributed by atoms with van der Waals surface area (Å²) in [5.41, 5.74) is 4.94. The SMILES string of the molecule is CC(Cc1nc2ccccc2n1C)NN. The minimum atomic E-state index is 0.237. The Morgan fingerprint density at radius 3 is 2.87 bits per heavy atom. The number of hydrogen-bond donors (Lipinski definition) is 2. The first-order valence-electron chi connectivity index (χ1n) is 5.09. The number of fused-ring (bicyclic) bond motifs is 1. The Labute approximate surface area is 89.1 Å². The summed E-state index contributed by atoms with van der Waals surface area (Å²) in [7, 11) is 2.04. The molecule has 0 radical (unpaired) electrons. The lowest BCUT2D eigenvalue weighted by molar-refractivity contribution is 0.547. The molecule has 15 heavy (non-hydrogen) atoms. The van der Waals surface area contributed by atoms with Crippen molar-refractivity contribution in [2.24, 2.45) is 12.9 Å². The fraction of sp³-hybridized carbons (Fsp3) is 0.364. The zero-order valence-electron chi connectivity index (χ0n) is 9.07. The predicted octanol–water partition coefficient (Wildman–Crippen LogP) is 0.968. The molecule has 0 saturated carbocycles. The van der Waals surface area contributed by atoms with E-state index in [1.807, 2.05) is 32.2 Å². The molecule has 4 nitrogen and oxygen atoms in total. The quantitative estimate of drug-likeness (QED) is 0.578. The number of nitrogens with one attached hydrogen (secondary N) is 1. The van der Waals surface area contributed by atoms with Crippen LogP contribution in [0, 0.1) is 0 Å². The van der Waals surface area contributed by atoms with Gasteiger partial charge in [0.25, 0.3) is 0 Å². The van der Waals surface area contributed by atoms with Gasteiger partial charge in [0.15, 0.2) is 0 Å². The molecule has 1 aromatic heterocycles. The van der Waals surface area contributed by atoms with E-state index in [0.29, 0.717) is 0 Å². The Kier molecular flexibility index (Phi) is 2.70. The number of nitrogens with two attached hydrogens (primary N) is 1. The monoisotopic (exact) mass is 204 g/mol. The summed E-state index contributed by atoms with van der Waals surface area (Å²) in [5, 5.41) is 0. The lowest BCUT2D eigenvalue weighted by atomic mass is 10.2. The maximum atomic E-state index is 5.38. The van der Waals surface area contributed by atoms with Crippen LogP contribution in [0.5, 0.6) is 0 Å². The van der Waals surface area contributed by atoms with Crippen molar-refractivity contribution in [1.29, 1.82) is 0 Å². The first-order valence-corrected chi connectivity index (χ1v) is 5.09. The van der Waals surface area contributed by atoms with Gasteiger partial charge in [-0.3, -0.25) is 11.3 Å². The molecule has 1 heterocycles. The van der Waals surface area contributed by atoms with Gasteiger partial charge >= 0.3 is 0 Å². The van der Waals surface area contributed by atoms with Gasteiger partial charge in [-0.25, -0.2) is 4.98 Å². The molecule has 0 aliphatic rings. The highest BCUT2D eigenvalue weighted by Crippen LogP contribution is 2.14. The van der Waals surface area contributed by atoms with E-state index in [-0.39, 0.29) is 6.04 Å². The Balaban J connectivity index is 2.40. The minimum absolute atomic E-state index is 0.237. The molecule has 0 bridgehead atoms. The zero-order valence-corrected chi connectivity index (χ0v) is 9.07. The molecule has 1 atom stereocenters. The fourth-order valence-corrected chi connectivity index (χ4v) is 1.71. The minimum Gasteiger partial charge on any atom is -0.331 e. The Bertz CT molecular complexity index is 461. The summed E-state index contributed by atoms with van der Waals surface area (Å²) in [6.07, 6.45) is 0.835. The van der Waals surface area contributed by atoms with Gasteiger partial charge in [0.05, 0.1) is 11.0 Å². The van der Waals surface area contributed by atoms with E-state index < -0.39 is 0 Å². The largest absolute Gasteiger partial charge is 0.331 e. The van der Waals surface area contributed by atoms with Crippen LogP contribution in [-0.2, 0) is 13.5 Å². The van der Waals surface area contributed by atoms with Crippen LogP contribution in [0.15, 0.2) is 24.3 Å². The van der Waals surface area contributed by atoms with E-state index >= 15 is 0 Å². The smallest absolute Gasteiger partial charge is 0.111 e. The third-order valence-corrected chi connectivity index (χ3v) is 2.65. The van der Waals surface area contributed by atoms with Crippen molar-refractivity contribution in [2.75, 3.05) is 0 Å². The average molecular weight is 204 g/mol. The molecular formula is C11H16N4. The molecule has 4 heteroatoms. The summed E-state index contributed by atoms with van der Waals surface area (Å²) < 4.78 is 2.11. The molecule has 0 spiro atoms. The van der Waals surface area contributed by atoms with Gasteiger partial charge in [-0.15, -0.1) is 0 Å². The molecule has 0 aliphatic carbocycles. The molecular weight excluding hydrogens is 188 g/mol. The topological polar surface area (TPSA) is 55.9 Å². The van der Waals surface area contributed by atoms with Gasteiger partial charge < -0.3 is 4.57 Å². The molecule has 1 unspecified atom stereocenters. The molecule has 0 aliphatic heterocycles. The van der Waals surface area contributed by atoms with Crippen LogP contribution >= 0.6 is 0 Å². The van der Waals surface area contributed by atoms with Crippen molar-refractivity contribution < 1.29 is 0 Å². The molecule has 0 saturated heterocycles. The van der Waals surface area contributed by atoms with Crippen LogP contribution in [0.3, 0.4) is 0 Å². The number of rotatable bonds is 3. The first kappa shape index (κ1) is 10.1. The van der Waals surface area contributed by atoms with Crippen molar-refractivity contribution in [2.45, 2.75) is 19.4 Å². The van der Waals surface area contributed by atoms with Crippen LogP contribution in [0.25, 0.3) is 11.0 Å². The number of benzene rings is 1. The number of para-hydroxylation sites is 2. The zero-order chi connectivity index (χ0) is 10.8. The summed E-state index contributed by atoms with van der Waals surface area (Å²) in [6.45, 7) is 2.04. The second kappa shape index (κ2) is 4.00. The van der Waals surface area contributed by atoms with Crippen molar-refractivity contribution in [1.82, 2.24) is 15.0 Å². The average Bonchev–Trinajstić information content (AvgIpc) is 2.57. The highest BCUT2D eigenvalue weighted by atomic mass is 15.2. The van der Waals surface area contributed by atoms with Crippen LogP contribution in [0.2, 0.25) is 0 Å². The van der Waals surface area contributed by atoms with Crippen LogP contribution in [-0.4, -0.2) is 15.6 Å². The van der Waals surface area contributed by atoms with E-state index in [9.17, 15) is 0 Å². The predicted molar refractivity (Wildman–Crippen MR) is 61.2 cm³/mol. The number of nitrogens with zero attached hydrogens (tertiary/aromatic N) is 2. The van der Waals surface area contributed by atoms with E-state index in [4.69, 9.17) is 5.84 Å². The van der Waals surface area contributed by atoms with Gasteiger partial charge in [-0.1, -0.05) is 12.1 Å². The normalized spacial score (nSPS) is 13.3. The molecule has 3 N–H and O–H groups in total. The van der Waals surface area contributed by atoms with E-state index in [1.54, 1.807) is 0 Å². The van der Waals surface area contributed by atoms with Gasteiger partial charge in [-0.05, 0) is 19.1 Å². The van der Waals surface area contributed by atoms with Gasteiger partial charge in [-0.2, -0.15) is 0 Å². The van der Waals surface area contributed by atoms with Crippen LogP contribution in [0.4, 0.5) is 0 Å². The highest BCUT2D eigenvalue weighted by molar-refractivity contribution is 5.75. The standard InChI is InChI=1S/C11H16N4/c1-8(14-12)7-11-13-9-5-3-4-6-10(9)15(11)2/h3-6,8,14H,7,12H2,1-2H3. The van der Waals surface area contributed by atoms with Crippen LogP contribution < -0.4 is 11.3 Å². The van der Waals surface area contributed by atoms with Crippen LogP contribution in [0.1, 0.15) is 12.7 Å². The van der Waals surface area contributed by atoms with Gasteiger partial charge in [0, 0.05) is 19.5 Å². The molecule has 80 valence electrons. The molecule has 2 rings (SSSR count). The molecule has 1 aromatic carbocycles. The maximum absolute atomic E-state index is 5.38. The Morgan fingerprint density at radius 1 is 1.47 bits per heavy atom. The molecule has 2 aromatic rings. The van der Waals surface area contributed by atoms with Crippen molar-refractivity contribution in [3.8, 4) is 0 Å². The maximum Gasteiger partial charge on any atom is 0.111 e. The number of aryl methyl sites for hydroxylation is 1. The van der Waals surface area contributed by atoms with Gasteiger partial charge in [0.1, 0.15) is 5.82 Å². The number of hydrogen-bond acceptors (Lipinski definition) is 3. The van der Waals surface area contributed by atoms with Crippen molar-refractivity contribution in [3.05, 3.63) is 30.1 Å². The number of imidazole rings is 1. The van der Waals surface area contributed by atoms with Crippen molar-refractivity contribution >= 4 is 11.0 Å². The van der Waals surface area contributed by atoms with E-state index in [0.717, 1.165) is 23.3 Å². The highest BCUT2D eigenvalue weighted by Gasteiger charge is 2.09. The van der Waals surface area contributed by atoms with E-state index in [1.165, 1.54) is 0 Å². The third-order valence-electron chi connectivity index (χ3n) is 2.65. The second-order valence-electron chi connectivity index (χ2n) is 3.85. The van der Waals surface area contributed by atoms with Gasteiger partial charge in [0.2, 0.25) is 0 Å². The second-order valence-corrected chi connectivity index (χ2v) is 3.85. The number of aromatic nitrogens is 2.